The Bertz CT molecular complexity index is 652. The molecule has 0 bridgehead atoms. The predicted octanol–water partition coefficient (Wildman–Crippen LogP) is 3.16. The van der Waals surface area contributed by atoms with Crippen LogP contribution < -0.4 is 5.73 Å². The maximum absolute atomic E-state index is 10.8. The lowest BCUT2D eigenvalue weighted by molar-refractivity contribution is -0.132. The Labute approximate surface area is 129 Å². The standard InChI is InChI=1S/C16H16N2O2.ClH/c1-11(16(19)20)9-12-4-6-13(7-5-12)10-14-3-2-8-18-15(14)17;/h2-9H,10H2,1H3,(H2,17,18)(H,19,20);1H. The number of halogens is 1. The number of aromatic nitrogens is 1. The van der Waals surface area contributed by atoms with Gasteiger partial charge in [-0.25, -0.2) is 9.78 Å². The molecule has 0 saturated heterocycles. The number of nitrogen functional groups attached to an aromatic ring is 1. The van der Waals surface area contributed by atoms with Gasteiger partial charge in [0, 0.05) is 18.2 Å². The summed E-state index contributed by atoms with van der Waals surface area (Å²) in [6.45, 7) is 1.58. The van der Waals surface area contributed by atoms with Crippen molar-refractivity contribution in [2.75, 3.05) is 5.73 Å². The summed E-state index contributed by atoms with van der Waals surface area (Å²) >= 11 is 0. The Morgan fingerprint density at radius 3 is 2.52 bits per heavy atom. The average Bonchev–Trinajstić information content (AvgIpc) is 2.43. The molecule has 0 fully saturated rings. The summed E-state index contributed by atoms with van der Waals surface area (Å²) in [6.07, 6.45) is 4.02. The van der Waals surface area contributed by atoms with Gasteiger partial charge in [0.15, 0.2) is 0 Å². The van der Waals surface area contributed by atoms with Gasteiger partial charge in [0.1, 0.15) is 5.82 Å². The van der Waals surface area contributed by atoms with E-state index in [0.29, 0.717) is 17.8 Å². The van der Waals surface area contributed by atoms with Gasteiger partial charge in [-0.2, -0.15) is 0 Å². The van der Waals surface area contributed by atoms with Crippen LogP contribution in [0, 0.1) is 0 Å². The number of aliphatic carboxylic acids is 1. The molecule has 0 radical (unpaired) electrons. The van der Waals surface area contributed by atoms with Crippen LogP contribution in [-0.2, 0) is 11.2 Å². The summed E-state index contributed by atoms with van der Waals surface area (Å²) in [7, 11) is 0. The van der Waals surface area contributed by atoms with Gasteiger partial charge in [-0.3, -0.25) is 0 Å². The first kappa shape index (κ1) is 16.7. The van der Waals surface area contributed by atoms with Gasteiger partial charge in [-0.1, -0.05) is 30.3 Å². The molecule has 5 heteroatoms. The summed E-state index contributed by atoms with van der Waals surface area (Å²) in [4.78, 5) is 14.8. The highest BCUT2D eigenvalue weighted by atomic mass is 35.5. The van der Waals surface area contributed by atoms with E-state index in [1.54, 1.807) is 19.2 Å². The molecule has 0 aliphatic heterocycles. The summed E-state index contributed by atoms with van der Waals surface area (Å²) in [5.41, 5.74) is 9.08. The number of hydrogen-bond acceptors (Lipinski definition) is 3. The maximum Gasteiger partial charge on any atom is 0.331 e. The fourth-order valence-corrected chi connectivity index (χ4v) is 1.86. The van der Waals surface area contributed by atoms with Crippen molar-refractivity contribution in [3.05, 3.63) is 64.9 Å². The van der Waals surface area contributed by atoms with Crippen LogP contribution in [0.2, 0.25) is 0 Å². The molecule has 0 aliphatic carbocycles. The van der Waals surface area contributed by atoms with Crippen molar-refractivity contribution in [1.29, 1.82) is 0 Å². The van der Waals surface area contributed by atoms with E-state index < -0.39 is 5.97 Å². The van der Waals surface area contributed by atoms with Crippen molar-refractivity contribution in [1.82, 2.24) is 4.98 Å². The smallest absolute Gasteiger partial charge is 0.331 e. The molecule has 0 aliphatic rings. The Morgan fingerprint density at radius 2 is 1.95 bits per heavy atom. The molecular weight excluding hydrogens is 288 g/mol. The third-order valence-corrected chi connectivity index (χ3v) is 3.02. The first-order valence-electron chi connectivity index (χ1n) is 6.26. The normalized spacial score (nSPS) is 10.8. The molecule has 4 nitrogen and oxygen atoms in total. The summed E-state index contributed by atoms with van der Waals surface area (Å²) in [6, 6.07) is 11.5. The van der Waals surface area contributed by atoms with Crippen molar-refractivity contribution in [2.24, 2.45) is 0 Å². The fourth-order valence-electron chi connectivity index (χ4n) is 1.86. The van der Waals surface area contributed by atoms with Gasteiger partial charge in [0.05, 0.1) is 0 Å². The monoisotopic (exact) mass is 304 g/mol. The molecule has 110 valence electrons. The van der Waals surface area contributed by atoms with Crippen molar-refractivity contribution in [3.8, 4) is 0 Å². The highest BCUT2D eigenvalue weighted by Crippen LogP contribution is 2.15. The second-order valence-corrected chi connectivity index (χ2v) is 4.60. The first-order valence-corrected chi connectivity index (χ1v) is 6.26. The molecule has 21 heavy (non-hydrogen) atoms. The van der Waals surface area contributed by atoms with Crippen molar-refractivity contribution in [2.45, 2.75) is 13.3 Å². The van der Waals surface area contributed by atoms with E-state index in [-0.39, 0.29) is 12.4 Å². The van der Waals surface area contributed by atoms with Crippen LogP contribution in [0.4, 0.5) is 5.82 Å². The molecule has 1 aromatic heterocycles. The molecule has 0 atom stereocenters. The molecule has 1 heterocycles. The second kappa shape index (κ2) is 7.45. The number of nitrogens with zero attached hydrogens (tertiary/aromatic N) is 1. The second-order valence-electron chi connectivity index (χ2n) is 4.60. The molecular formula is C16H17ClN2O2. The van der Waals surface area contributed by atoms with Crippen molar-refractivity contribution in [3.63, 3.8) is 0 Å². The molecule has 2 rings (SSSR count). The van der Waals surface area contributed by atoms with Crippen LogP contribution in [0.1, 0.15) is 23.6 Å². The number of benzene rings is 1. The topological polar surface area (TPSA) is 76.2 Å². The van der Waals surface area contributed by atoms with Gasteiger partial charge in [-0.05, 0) is 35.8 Å². The molecule has 2 aromatic rings. The largest absolute Gasteiger partial charge is 0.478 e. The van der Waals surface area contributed by atoms with E-state index in [9.17, 15) is 4.79 Å². The van der Waals surface area contributed by atoms with Crippen LogP contribution in [0.3, 0.4) is 0 Å². The first-order chi connectivity index (χ1) is 9.56. The van der Waals surface area contributed by atoms with E-state index in [1.807, 2.05) is 36.4 Å². The predicted molar refractivity (Wildman–Crippen MR) is 86.4 cm³/mol. The van der Waals surface area contributed by atoms with Gasteiger partial charge in [0.25, 0.3) is 0 Å². The molecule has 1 aromatic carbocycles. The number of carbonyl (C=O) groups is 1. The molecule has 0 unspecified atom stereocenters. The summed E-state index contributed by atoms with van der Waals surface area (Å²) in [5, 5.41) is 8.83. The third-order valence-electron chi connectivity index (χ3n) is 3.02. The SMILES string of the molecule is CC(=Cc1ccc(Cc2cccnc2N)cc1)C(=O)O.Cl. The number of rotatable bonds is 4. The van der Waals surface area contributed by atoms with Gasteiger partial charge >= 0.3 is 5.97 Å². The van der Waals surface area contributed by atoms with Gasteiger partial charge in [-0.15, -0.1) is 12.4 Å². The highest BCUT2D eigenvalue weighted by molar-refractivity contribution is 5.91. The van der Waals surface area contributed by atoms with Gasteiger partial charge in [0.2, 0.25) is 0 Å². The highest BCUT2D eigenvalue weighted by Gasteiger charge is 2.02. The molecule has 0 spiro atoms. The summed E-state index contributed by atoms with van der Waals surface area (Å²) in [5.74, 6) is -0.365. The van der Waals surface area contributed by atoms with Crippen LogP contribution >= 0.6 is 12.4 Å². The lowest BCUT2D eigenvalue weighted by Crippen LogP contribution is -1.98. The van der Waals surface area contributed by atoms with E-state index in [2.05, 4.69) is 4.98 Å². The minimum absolute atomic E-state index is 0. The van der Waals surface area contributed by atoms with Crippen LogP contribution in [-0.4, -0.2) is 16.1 Å². The number of carboxylic acid groups (broad SMARTS) is 1. The number of nitrogens with two attached hydrogens (primary N) is 1. The van der Waals surface area contributed by atoms with Crippen LogP contribution in [0.5, 0.6) is 0 Å². The van der Waals surface area contributed by atoms with E-state index >= 15 is 0 Å². The number of hydrogen-bond donors (Lipinski definition) is 2. The quantitative estimate of drug-likeness (QED) is 0.851. The lowest BCUT2D eigenvalue weighted by Gasteiger charge is -2.05. The molecule has 3 N–H and O–H groups in total. The molecule has 0 saturated carbocycles. The van der Waals surface area contributed by atoms with Crippen LogP contribution in [0.15, 0.2) is 48.2 Å². The number of anilines is 1. The fraction of sp³-hybridized carbons (Fsp3) is 0.125. The van der Waals surface area contributed by atoms with E-state index in [0.717, 1.165) is 16.7 Å². The zero-order valence-electron chi connectivity index (χ0n) is 11.6. The number of pyridine rings is 1. The van der Waals surface area contributed by atoms with E-state index in [1.165, 1.54) is 0 Å². The zero-order valence-corrected chi connectivity index (χ0v) is 12.4. The Balaban J connectivity index is 0.00000220. The van der Waals surface area contributed by atoms with E-state index in [4.69, 9.17) is 10.8 Å². The Kier molecular flexibility index (Phi) is 5.93. The minimum Gasteiger partial charge on any atom is -0.478 e. The van der Waals surface area contributed by atoms with Gasteiger partial charge < -0.3 is 10.8 Å². The van der Waals surface area contributed by atoms with Crippen molar-refractivity contribution >= 4 is 30.3 Å². The third kappa shape index (κ3) is 4.61. The summed E-state index contributed by atoms with van der Waals surface area (Å²) < 4.78 is 0. The average molecular weight is 305 g/mol. The molecule has 0 amide bonds. The number of carboxylic acids is 1. The van der Waals surface area contributed by atoms with Crippen molar-refractivity contribution < 1.29 is 9.90 Å². The van der Waals surface area contributed by atoms with Crippen LogP contribution in [0.25, 0.3) is 6.08 Å². The Hall–Kier alpha value is -2.33. The minimum atomic E-state index is -0.905. The zero-order chi connectivity index (χ0) is 14.5. The Morgan fingerprint density at radius 1 is 1.29 bits per heavy atom. The lowest BCUT2D eigenvalue weighted by atomic mass is 10.0. The maximum atomic E-state index is 10.8.